The summed E-state index contributed by atoms with van der Waals surface area (Å²) in [4.78, 5) is 23.8. The predicted octanol–water partition coefficient (Wildman–Crippen LogP) is 3.33. The molecule has 0 saturated heterocycles. The first-order valence-corrected chi connectivity index (χ1v) is 7.66. The molecular formula is C16H15NO3S. The van der Waals surface area contributed by atoms with Gasteiger partial charge in [-0.25, -0.2) is 4.79 Å². The van der Waals surface area contributed by atoms with Crippen molar-refractivity contribution in [3.63, 3.8) is 0 Å². The van der Waals surface area contributed by atoms with Gasteiger partial charge in [-0.3, -0.25) is 4.79 Å². The highest BCUT2D eigenvalue weighted by molar-refractivity contribution is 7.15. The summed E-state index contributed by atoms with van der Waals surface area (Å²) < 4.78 is 0. The van der Waals surface area contributed by atoms with Gasteiger partial charge in [-0.15, -0.1) is 11.3 Å². The lowest BCUT2D eigenvalue weighted by atomic mass is 10.0. The van der Waals surface area contributed by atoms with Crippen molar-refractivity contribution in [1.29, 1.82) is 0 Å². The van der Waals surface area contributed by atoms with E-state index < -0.39 is 5.97 Å². The molecule has 1 atom stereocenters. The van der Waals surface area contributed by atoms with Crippen molar-refractivity contribution in [2.45, 2.75) is 18.9 Å². The van der Waals surface area contributed by atoms with Crippen LogP contribution in [-0.2, 0) is 0 Å². The molecule has 2 N–H and O–H groups in total. The van der Waals surface area contributed by atoms with Crippen LogP contribution in [0.3, 0.4) is 0 Å². The Morgan fingerprint density at radius 3 is 2.33 bits per heavy atom. The van der Waals surface area contributed by atoms with Gasteiger partial charge in [0.25, 0.3) is 5.91 Å². The minimum Gasteiger partial charge on any atom is -0.477 e. The zero-order valence-corrected chi connectivity index (χ0v) is 12.1. The molecule has 1 heterocycles. The molecule has 5 heteroatoms. The third-order valence-corrected chi connectivity index (χ3v) is 4.65. The van der Waals surface area contributed by atoms with Gasteiger partial charge in [0.05, 0.1) is 10.9 Å². The number of carbonyl (C=O) groups excluding carboxylic acids is 1. The first-order valence-electron chi connectivity index (χ1n) is 6.84. The molecule has 1 aromatic heterocycles. The van der Waals surface area contributed by atoms with Crippen molar-refractivity contribution in [2.24, 2.45) is 5.92 Å². The van der Waals surface area contributed by atoms with Gasteiger partial charge in [0.2, 0.25) is 0 Å². The van der Waals surface area contributed by atoms with Crippen LogP contribution in [0.5, 0.6) is 0 Å². The summed E-state index contributed by atoms with van der Waals surface area (Å²) in [6.07, 6.45) is 2.23. The summed E-state index contributed by atoms with van der Waals surface area (Å²) in [5.74, 6) is -0.718. The van der Waals surface area contributed by atoms with Gasteiger partial charge in [0.15, 0.2) is 0 Å². The fourth-order valence-electron chi connectivity index (χ4n) is 2.35. The maximum Gasteiger partial charge on any atom is 0.345 e. The van der Waals surface area contributed by atoms with Crippen molar-refractivity contribution >= 4 is 23.2 Å². The molecule has 1 aromatic carbocycles. The van der Waals surface area contributed by atoms with E-state index >= 15 is 0 Å². The number of rotatable bonds is 5. The summed E-state index contributed by atoms with van der Waals surface area (Å²) >= 11 is 1.01. The smallest absolute Gasteiger partial charge is 0.345 e. The Hall–Kier alpha value is -2.14. The maximum absolute atomic E-state index is 12.3. The van der Waals surface area contributed by atoms with E-state index in [1.54, 1.807) is 6.07 Å². The van der Waals surface area contributed by atoms with Gasteiger partial charge in [0, 0.05) is 0 Å². The van der Waals surface area contributed by atoms with E-state index in [1.807, 2.05) is 30.3 Å². The molecule has 1 aliphatic rings. The lowest BCUT2D eigenvalue weighted by Gasteiger charge is -2.18. The largest absolute Gasteiger partial charge is 0.477 e. The Kier molecular flexibility index (Phi) is 3.75. The minimum atomic E-state index is -0.999. The molecule has 2 aromatic rings. The standard InChI is InChI=1S/C16H15NO3S/c18-15(12-8-9-13(21-12)16(19)20)17-14(11-6-7-11)10-4-2-1-3-5-10/h1-5,8-9,11,14H,6-7H2,(H,17,18)(H,19,20). The highest BCUT2D eigenvalue weighted by Gasteiger charge is 2.33. The molecule has 21 heavy (non-hydrogen) atoms. The van der Waals surface area contributed by atoms with Gasteiger partial charge < -0.3 is 10.4 Å². The lowest BCUT2D eigenvalue weighted by Crippen LogP contribution is -2.29. The van der Waals surface area contributed by atoms with Gasteiger partial charge in [-0.2, -0.15) is 0 Å². The van der Waals surface area contributed by atoms with E-state index in [-0.39, 0.29) is 16.8 Å². The molecule has 1 aliphatic carbocycles. The monoisotopic (exact) mass is 301 g/mol. The molecule has 1 unspecified atom stereocenters. The summed E-state index contributed by atoms with van der Waals surface area (Å²) in [5.41, 5.74) is 1.10. The molecule has 4 nitrogen and oxygen atoms in total. The second-order valence-electron chi connectivity index (χ2n) is 5.17. The molecule has 1 saturated carbocycles. The number of aromatic carboxylic acids is 1. The van der Waals surface area contributed by atoms with E-state index in [0.717, 1.165) is 29.7 Å². The van der Waals surface area contributed by atoms with Crippen LogP contribution < -0.4 is 5.32 Å². The molecule has 108 valence electrons. The van der Waals surface area contributed by atoms with E-state index in [0.29, 0.717) is 10.8 Å². The Labute approximate surface area is 126 Å². The third-order valence-electron chi connectivity index (χ3n) is 3.58. The quantitative estimate of drug-likeness (QED) is 0.890. The number of carbonyl (C=O) groups is 2. The van der Waals surface area contributed by atoms with Crippen LogP contribution in [0.2, 0.25) is 0 Å². The molecular weight excluding hydrogens is 286 g/mol. The van der Waals surface area contributed by atoms with Crippen molar-refractivity contribution in [3.8, 4) is 0 Å². The fourth-order valence-corrected chi connectivity index (χ4v) is 3.10. The molecule has 0 spiro atoms. The number of carboxylic acids is 1. The fraction of sp³-hybridized carbons (Fsp3) is 0.250. The topological polar surface area (TPSA) is 66.4 Å². The van der Waals surface area contributed by atoms with E-state index in [4.69, 9.17) is 5.11 Å². The maximum atomic E-state index is 12.3. The minimum absolute atomic E-state index is 0.00841. The Morgan fingerprint density at radius 2 is 1.76 bits per heavy atom. The van der Waals surface area contributed by atoms with Crippen LogP contribution in [0.1, 0.15) is 43.8 Å². The summed E-state index contributed by atoms with van der Waals surface area (Å²) in [6.45, 7) is 0. The van der Waals surface area contributed by atoms with Crippen molar-refractivity contribution in [1.82, 2.24) is 5.32 Å². The van der Waals surface area contributed by atoms with E-state index in [1.165, 1.54) is 6.07 Å². The van der Waals surface area contributed by atoms with Gasteiger partial charge in [0.1, 0.15) is 4.88 Å². The van der Waals surface area contributed by atoms with Gasteiger partial charge >= 0.3 is 5.97 Å². The second-order valence-corrected chi connectivity index (χ2v) is 6.25. The number of benzene rings is 1. The Balaban J connectivity index is 1.76. The third kappa shape index (κ3) is 3.13. The van der Waals surface area contributed by atoms with Crippen LogP contribution in [0, 0.1) is 5.92 Å². The predicted molar refractivity (Wildman–Crippen MR) is 80.7 cm³/mol. The highest BCUT2D eigenvalue weighted by atomic mass is 32.1. The van der Waals surface area contributed by atoms with Gasteiger partial charge in [-0.1, -0.05) is 30.3 Å². The van der Waals surface area contributed by atoms with Crippen molar-refractivity contribution in [2.75, 3.05) is 0 Å². The van der Waals surface area contributed by atoms with Crippen LogP contribution in [0.25, 0.3) is 0 Å². The SMILES string of the molecule is O=C(O)c1ccc(C(=O)NC(c2ccccc2)C2CC2)s1. The molecule has 0 bridgehead atoms. The van der Waals surface area contributed by atoms with E-state index in [9.17, 15) is 9.59 Å². The van der Waals surface area contributed by atoms with Gasteiger partial charge in [-0.05, 0) is 36.5 Å². The number of hydrogen-bond acceptors (Lipinski definition) is 3. The number of amides is 1. The normalized spacial score (nSPS) is 15.4. The number of carboxylic acid groups (broad SMARTS) is 1. The zero-order valence-electron chi connectivity index (χ0n) is 11.3. The highest BCUT2D eigenvalue weighted by Crippen LogP contribution is 2.41. The van der Waals surface area contributed by atoms with Crippen molar-refractivity contribution < 1.29 is 14.7 Å². The Morgan fingerprint density at radius 1 is 1.10 bits per heavy atom. The summed E-state index contributed by atoms with van der Waals surface area (Å²) in [6, 6.07) is 13.0. The van der Waals surface area contributed by atoms with Crippen LogP contribution in [0.15, 0.2) is 42.5 Å². The molecule has 0 radical (unpaired) electrons. The van der Waals surface area contributed by atoms with Crippen molar-refractivity contribution in [3.05, 3.63) is 57.8 Å². The molecule has 3 rings (SSSR count). The molecule has 1 amide bonds. The molecule has 0 aliphatic heterocycles. The van der Waals surface area contributed by atoms with Crippen LogP contribution >= 0.6 is 11.3 Å². The first-order chi connectivity index (χ1) is 10.1. The second kappa shape index (κ2) is 5.69. The zero-order chi connectivity index (χ0) is 14.8. The number of thiophene rings is 1. The summed E-state index contributed by atoms with van der Waals surface area (Å²) in [5, 5.41) is 12.0. The average molecular weight is 301 g/mol. The number of hydrogen-bond donors (Lipinski definition) is 2. The average Bonchev–Trinajstić information content (AvgIpc) is 3.20. The summed E-state index contributed by atoms with van der Waals surface area (Å²) in [7, 11) is 0. The van der Waals surface area contributed by atoms with Crippen LogP contribution in [-0.4, -0.2) is 17.0 Å². The van der Waals surface area contributed by atoms with Crippen LogP contribution in [0.4, 0.5) is 0 Å². The number of nitrogens with one attached hydrogen (secondary N) is 1. The first kappa shape index (κ1) is 13.8. The Bertz CT molecular complexity index is 661. The molecule has 1 fully saturated rings. The van der Waals surface area contributed by atoms with E-state index in [2.05, 4.69) is 5.32 Å². The lowest BCUT2D eigenvalue weighted by molar-refractivity contribution is 0.0702.